The van der Waals surface area contributed by atoms with Crippen LogP contribution in [0.3, 0.4) is 0 Å². The van der Waals surface area contributed by atoms with Crippen molar-refractivity contribution in [2.24, 2.45) is 12.8 Å². The Hall–Kier alpha value is -1.27. The van der Waals surface area contributed by atoms with E-state index in [1.807, 2.05) is 24.7 Å². The Morgan fingerprint density at radius 3 is 3.00 bits per heavy atom. The molecule has 0 saturated heterocycles. The Morgan fingerprint density at radius 1 is 1.69 bits per heavy atom. The maximum atomic E-state index is 5.93. The molecule has 0 bridgehead atoms. The molecule has 0 spiro atoms. The van der Waals surface area contributed by atoms with Gasteiger partial charge in [-0.25, -0.2) is 4.98 Å². The first-order chi connectivity index (χ1) is 6.25. The van der Waals surface area contributed by atoms with E-state index in [-0.39, 0.29) is 6.04 Å². The van der Waals surface area contributed by atoms with E-state index in [2.05, 4.69) is 16.8 Å². The molecule has 3 nitrogen and oxygen atoms in total. The van der Waals surface area contributed by atoms with E-state index in [4.69, 9.17) is 5.73 Å². The Balaban J connectivity index is 2.52. The van der Waals surface area contributed by atoms with Crippen molar-refractivity contribution in [3.8, 4) is 11.8 Å². The highest BCUT2D eigenvalue weighted by Gasteiger charge is 2.08. The number of nitrogens with zero attached hydrogens (tertiary/aromatic N) is 2. The van der Waals surface area contributed by atoms with Crippen molar-refractivity contribution in [3.05, 3.63) is 18.2 Å². The van der Waals surface area contributed by atoms with Gasteiger partial charge in [-0.05, 0) is 13.3 Å². The summed E-state index contributed by atoms with van der Waals surface area (Å²) in [5, 5.41) is 0. The van der Waals surface area contributed by atoms with E-state index in [9.17, 15) is 0 Å². The van der Waals surface area contributed by atoms with Crippen LogP contribution in [0.2, 0.25) is 0 Å². The summed E-state index contributed by atoms with van der Waals surface area (Å²) < 4.78 is 1.95. The van der Waals surface area contributed by atoms with Gasteiger partial charge in [-0.15, -0.1) is 11.8 Å². The third-order valence-corrected chi connectivity index (χ3v) is 1.95. The summed E-state index contributed by atoms with van der Waals surface area (Å²) in [6.45, 7) is 1.84. The Labute approximate surface area is 79.0 Å². The zero-order valence-corrected chi connectivity index (χ0v) is 8.12. The summed E-state index contributed by atoms with van der Waals surface area (Å²) in [6.07, 6.45) is 5.37. The lowest BCUT2D eigenvalue weighted by atomic mass is 10.1. The molecule has 1 unspecified atom stereocenters. The second-order valence-corrected chi connectivity index (χ2v) is 2.97. The number of aryl methyl sites for hydroxylation is 1. The fourth-order valence-corrected chi connectivity index (χ4v) is 1.22. The molecule has 0 aromatic carbocycles. The summed E-state index contributed by atoms with van der Waals surface area (Å²) in [6, 6.07) is 0.000787. The number of rotatable bonds is 3. The van der Waals surface area contributed by atoms with Crippen LogP contribution in [-0.4, -0.2) is 9.55 Å². The molecule has 1 rings (SSSR count). The van der Waals surface area contributed by atoms with Crippen molar-refractivity contribution in [1.29, 1.82) is 0 Å². The number of hydrogen-bond acceptors (Lipinski definition) is 2. The summed E-state index contributed by atoms with van der Waals surface area (Å²) in [5.41, 5.74) is 5.93. The standard InChI is InChI=1S/C10H15N3/c1-3-4-5-6-9(11)10-12-7-8-13(10)2/h7-9H,5-6,11H2,1-2H3. The first-order valence-corrected chi connectivity index (χ1v) is 4.38. The molecule has 0 aliphatic rings. The van der Waals surface area contributed by atoms with Crippen molar-refractivity contribution >= 4 is 0 Å². The Morgan fingerprint density at radius 2 is 2.46 bits per heavy atom. The zero-order valence-electron chi connectivity index (χ0n) is 8.12. The summed E-state index contributed by atoms with van der Waals surface area (Å²) >= 11 is 0. The molecular weight excluding hydrogens is 162 g/mol. The van der Waals surface area contributed by atoms with Gasteiger partial charge >= 0.3 is 0 Å². The molecular formula is C10H15N3. The minimum Gasteiger partial charge on any atom is -0.337 e. The smallest absolute Gasteiger partial charge is 0.125 e. The predicted molar refractivity (Wildman–Crippen MR) is 52.8 cm³/mol. The van der Waals surface area contributed by atoms with Gasteiger partial charge in [0.2, 0.25) is 0 Å². The zero-order chi connectivity index (χ0) is 9.68. The molecule has 1 aromatic rings. The number of aromatic nitrogens is 2. The molecule has 0 fully saturated rings. The van der Waals surface area contributed by atoms with Gasteiger partial charge < -0.3 is 10.3 Å². The second-order valence-electron chi connectivity index (χ2n) is 2.97. The van der Waals surface area contributed by atoms with E-state index < -0.39 is 0 Å². The van der Waals surface area contributed by atoms with E-state index in [1.165, 1.54) is 0 Å². The predicted octanol–water partition coefficient (Wildman–Crippen LogP) is 1.22. The normalized spacial score (nSPS) is 11.9. The SMILES string of the molecule is CC#CCCC(N)c1nccn1C. The van der Waals surface area contributed by atoms with Gasteiger partial charge in [0.25, 0.3) is 0 Å². The second kappa shape index (κ2) is 4.68. The fraction of sp³-hybridized carbons (Fsp3) is 0.500. The number of nitrogens with two attached hydrogens (primary N) is 1. The maximum absolute atomic E-state index is 5.93. The monoisotopic (exact) mass is 177 g/mol. The quantitative estimate of drug-likeness (QED) is 0.705. The first kappa shape index (κ1) is 9.82. The van der Waals surface area contributed by atoms with Crippen LogP contribution in [-0.2, 0) is 7.05 Å². The molecule has 3 heteroatoms. The van der Waals surface area contributed by atoms with Crippen molar-refractivity contribution in [2.45, 2.75) is 25.8 Å². The summed E-state index contributed by atoms with van der Waals surface area (Å²) in [5.74, 6) is 6.77. The van der Waals surface area contributed by atoms with Crippen LogP contribution in [0.5, 0.6) is 0 Å². The van der Waals surface area contributed by atoms with Crippen LogP contribution in [0.1, 0.15) is 31.6 Å². The average Bonchev–Trinajstić information content (AvgIpc) is 2.52. The third-order valence-electron chi connectivity index (χ3n) is 1.95. The van der Waals surface area contributed by atoms with Crippen LogP contribution in [0.25, 0.3) is 0 Å². The highest BCUT2D eigenvalue weighted by molar-refractivity contribution is 5.01. The largest absolute Gasteiger partial charge is 0.337 e. The Bertz CT molecular complexity index is 316. The van der Waals surface area contributed by atoms with E-state index in [0.717, 1.165) is 18.7 Å². The van der Waals surface area contributed by atoms with Crippen LogP contribution in [0, 0.1) is 11.8 Å². The van der Waals surface area contributed by atoms with Crippen LogP contribution in [0.4, 0.5) is 0 Å². The van der Waals surface area contributed by atoms with Crippen molar-refractivity contribution < 1.29 is 0 Å². The lowest BCUT2D eigenvalue weighted by molar-refractivity contribution is 0.598. The van der Waals surface area contributed by atoms with Crippen molar-refractivity contribution in [2.75, 3.05) is 0 Å². The van der Waals surface area contributed by atoms with E-state index >= 15 is 0 Å². The Kier molecular flexibility index (Phi) is 3.53. The van der Waals surface area contributed by atoms with Crippen molar-refractivity contribution in [3.63, 3.8) is 0 Å². The highest BCUT2D eigenvalue weighted by Crippen LogP contribution is 2.11. The lowest BCUT2D eigenvalue weighted by Gasteiger charge is -2.08. The molecule has 2 N–H and O–H groups in total. The van der Waals surface area contributed by atoms with Gasteiger partial charge in [-0.3, -0.25) is 0 Å². The molecule has 1 heterocycles. The first-order valence-electron chi connectivity index (χ1n) is 4.38. The fourth-order valence-electron chi connectivity index (χ4n) is 1.22. The minimum absolute atomic E-state index is 0.000787. The molecule has 0 aliphatic heterocycles. The minimum atomic E-state index is 0.000787. The summed E-state index contributed by atoms with van der Waals surface area (Å²) in [4.78, 5) is 4.18. The van der Waals surface area contributed by atoms with Gasteiger partial charge in [0.15, 0.2) is 0 Å². The maximum Gasteiger partial charge on any atom is 0.125 e. The third kappa shape index (κ3) is 2.60. The number of hydrogen-bond donors (Lipinski definition) is 1. The summed E-state index contributed by atoms with van der Waals surface area (Å²) in [7, 11) is 1.95. The average molecular weight is 177 g/mol. The van der Waals surface area contributed by atoms with Gasteiger partial charge in [-0.1, -0.05) is 0 Å². The van der Waals surface area contributed by atoms with Crippen LogP contribution < -0.4 is 5.73 Å². The topological polar surface area (TPSA) is 43.8 Å². The van der Waals surface area contributed by atoms with Crippen LogP contribution in [0.15, 0.2) is 12.4 Å². The molecule has 0 aliphatic carbocycles. The molecule has 0 radical (unpaired) electrons. The highest BCUT2D eigenvalue weighted by atomic mass is 15.1. The van der Waals surface area contributed by atoms with Gasteiger partial charge in [0.1, 0.15) is 5.82 Å². The van der Waals surface area contributed by atoms with Gasteiger partial charge in [-0.2, -0.15) is 0 Å². The molecule has 0 amide bonds. The molecule has 0 saturated carbocycles. The van der Waals surface area contributed by atoms with Crippen LogP contribution >= 0.6 is 0 Å². The lowest BCUT2D eigenvalue weighted by Crippen LogP contribution is -2.14. The number of imidazole rings is 1. The van der Waals surface area contributed by atoms with E-state index in [0.29, 0.717) is 0 Å². The molecule has 1 aromatic heterocycles. The molecule has 1 atom stereocenters. The van der Waals surface area contributed by atoms with Crippen molar-refractivity contribution in [1.82, 2.24) is 9.55 Å². The molecule has 13 heavy (non-hydrogen) atoms. The van der Waals surface area contributed by atoms with E-state index in [1.54, 1.807) is 6.20 Å². The van der Waals surface area contributed by atoms with Gasteiger partial charge in [0.05, 0.1) is 6.04 Å². The molecule has 70 valence electrons. The van der Waals surface area contributed by atoms with Gasteiger partial charge in [0, 0.05) is 25.9 Å².